The minimum absolute atomic E-state index is 0.0322. The van der Waals surface area contributed by atoms with Gasteiger partial charge in [0, 0.05) is 0 Å². The lowest BCUT2D eigenvalue weighted by atomic mass is 9.84. The van der Waals surface area contributed by atoms with E-state index in [0.29, 0.717) is 0 Å². The van der Waals surface area contributed by atoms with Crippen LogP contribution in [-0.4, -0.2) is 31.7 Å². The number of rotatable bonds is 3. The van der Waals surface area contributed by atoms with Gasteiger partial charge < -0.3 is 14.8 Å². The van der Waals surface area contributed by atoms with Crippen LogP contribution < -0.4 is 5.32 Å². The number of aldehydes is 1. The number of carbonyl (C=O) groups excluding carboxylic acids is 2. The van der Waals surface area contributed by atoms with E-state index in [-0.39, 0.29) is 6.29 Å². The second-order valence-corrected chi connectivity index (χ2v) is 3.47. The first-order valence-corrected chi connectivity index (χ1v) is 4.03. The fraction of sp³-hybridized carbons (Fsp3) is 0.750. The molecule has 1 N–H and O–H groups in total. The molecule has 0 aromatic heterocycles. The van der Waals surface area contributed by atoms with Crippen LogP contribution in [0.15, 0.2) is 0 Å². The summed E-state index contributed by atoms with van der Waals surface area (Å²) in [6.07, 6.45) is -5.64. The number of alkyl halides is 3. The van der Waals surface area contributed by atoms with Crippen LogP contribution in [0.1, 0.15) is 13.8 Å². The Balaban J connectivity index is 4.81. The molecule has 0 rings (SSSR count). The van der Waals surface area contributed by atoms with Gasteiger partial charge in [-0.05, 0) is 13.8 Å². The topological polar surface area (TPSA) is 55.4 Å². The monoisotopic (exact) mass is 227 g/mol. The molecule has 0 radical (unpaired) electrons. The molecule has 1 atom stereocenters. The van der Waals surface area contributed by atoms with E-state index in [4.69, 9.17) is 0 Å². The van der Waals surface area contributed by atoms with E-state index in [1.165, 1.54) is 0 Å². The molecule has 1 amide bonds. The van der Waals surface area contributed by atoms with Gasteiger partial charge in [-0.2, -0.15) is 13.2 Å². The Labute approximate surface area is 84.8 Å². The molecule has 0 saturated carbocycles. The maximum atomic E-state index is 12.5. The van der Waals surface area contributed by atoms with E-state index in [2.05, 4.69) is 4.74 Å². The molecule has 0 heterocycles. The highest BCUT2D eigenvalue weighted by atomic mass is 19.4. The number of nitrogens with one attached hydrogen (secondary N) is 1. The number of methoxy groups -OCH3 is 1. The zero-order valence-corrected chi connectivity index (χ0v) is 8.51. The van der Waals surface area contributed by atoms with Crippen molar-refractivity contribution in [2.45, 2.75) is 26.1 Å². The highest BCUT2D eigenvalue weighted by Crippen LogP contribution is 2.39. The summed E-state index contributed by atoms with van der Waals surface area (Å²) in [6, 6.07) is -1.68. The van der Waals surface area contributed by atoms with Crippen molar-refractivity contribution >= 4 is 12.4 Å². The van der Waals surface area contributed by atoms with Crippen molar-refractivity contribution in [3.63, 3.8) is 0 Å². The predicted molar refractivity (Wildman–Crippen MR) is 45.2 cm³/mol. The van der Waals surface area contributed by atoms with Crippen LogP contribution in [0.4, 0.5) is 18.0 Å². The second-order valence-electron chi connectivity index (χ2n) is 3.47. The van der Waals surface area contributed by atoms with Gasteiger partial charge in [0.1, 0.15) is 12.3 Å². The third kappa shape index (κ3) is 3.10. The minimum Gasteiger partial charge on any atom is -0.453 e. The molecule has 0 spiro atoms. The first kappa shape index (κ1) is 13.7. The normalized spacial score (nSPS) is 14.3. The molecule has 0 fully saturated rings. The Morgan fingerprint density at radius 3 is 2.13 bits per heavy atom. The number of halogens is 3. The van der Waals surface area contributed by atoms with E-state index >= 15 is 0 Å². The largest absolute Gasteiger partial charge is 0.453 e. The van der Waals surface area contributed by atoms with Gasteiger partial charge in [-0.1, -0.05) is 0 Å². The van der Waals surface area contributed by atoms with E-state index < -0.39 is 23.7 Å². The highest BCUT2D eigenvalue weighted by Gasteiger charge is 2.53. The summed E-state index contributed by atoms with van der Waals surface area (Å²) in [4.78, 5) is 21.2. The van der Waals surface area contributed by atoms with E-state index in [1.54, 1.807) is 0 Å². The Morgan fingerprint density at radius 1 is 1.40 bits per heavy atom. The molecular formula is C8H12F3NO3. The Bertz CT molecular complexity index is 250. The summed E-state index contributed by atoms with van der Waals surface area (Å²) < 4.78 is 41.5. The van der Waals surface area contributed by atoms with Crippen molar-refractivity contribution in [2.75, 3.05) is 7.11 Å². The van der Waals surface area contributed by atoms with Gasteiger partial charge in [-0.15, -0.1) is 0 Å². The lowest BCUT2D eigenvalue weighted by molar-refractivity contribution is -0.218. The molecule has 0 aliphatic rings. The lowest BCUT2D eigenvalue weighted by Crippen LogP contribution is -2.53. The van der Waals surface area contributed by atoms with Crippen LogP contribution in [0.3, 0.4) is 0 Å². The number of amides is 1. The fourth-order valence-corrected chi connectivity index (χ4v) is 0.747. The molecule has 0 bridgehead atoms. The average Bonchev–Trinajstić information content (AvgIpc) is 2.11. The summed E-state index contributed by atoms with van der Waals surface area (Å²) in [7, 11) is 0.998. The minimum atomic E-state index is -4.60. The maximum absolute atomic E-state index is 12.5. The third-order valence-corrected chi connectivity index (χ3v) is 2.10. The number of hydrogen-bond donors (Lipinski definition) is 1. The van der Waals surface area contributed by atoms with E-state index in [9.17, 15) is 22.8 Å². The first-order chi connectivity index (χ1) is 6.66. The summed E-state index contributed by atoms with van der Waals surface area (Å²) >= 11 is 0. The Hall–Kier alpha value is -1.27. The van der Waals surface area contributed by atoms with Crippen molar-refractivity contribution < 1.29 is 27.5 Å². The molecule has 1 unspecified atom stereocenters. The third-order valence-electron chi connectivity index (χ3n) is 2.10. The average molecular weight is 227 g/mol. The molecule has 0 aliphatic heterocycles. The number of ether oxygens (including phenoxy) is 1. The van der Waals surface area contributed by atoms with Gasteiger partial charge in [0.2, 0.25) is 0 Å². The Kier molecular flexibility index (Phi) is 4.12. The predicted octanol–water partition coefficient (Wildman–Crippen LogP) is 1.50. The molecular weight excluding hydrogens is 215 g/mol. The van der Waals surface area contributed by atoms with Crippen LogP contribution in [0, 0.1) is 5.41 Å². The van der Waals surface area contributed by atoms with Gasteiger partial charge in [-0.3, -0.25) is 0 Å². The molecule has 4 nitrogen and oxygen atoms in total. The van der Waals surface area contributed by atoms with Crippen LogP contribution in [-0.2, 0) is 9.53 Å². The Morgan fingerprint density at radius 2 is 1.87 bits per heavy atom. The zero-order valence-electron chi connectivity index (χ0n) is 8.51. The van der Waals surface area contributed by atoms with Crippen LogP contribution >= 0.6 is 0 Å². The van der Waals surface area contributed by atoms with Crippen molar-refractivity contribution in [3.05, 3.63) is 0 Å². The maximum Gasteiger partial charge on any atom is 0.407 e. The van der Waals surface area contributed by atoms with E-state index in [0.717, 1.165) is 21.0 Å². The fourth-order valence-electron chi connectivity index (χ4n) is 0.747. The SMILES string of the molecule is COC(=O)NC(C=O)C(C)(C)C(F)(F)F. The number of hydrogen-bond acceptors (Lipinski definition) is 3. The van der Waals surface area contributed by atoms with Crippen LogP contribution in [0.5, 0.6) is 0 Å². The van der Waals surface area contributed by atoms with Gasteiger partial charge in [0.05, 0.1) is 12.5 Å². The highest BCUT2D eigenvalue weighted by molar-refractivity contribution is 5.73. The standard InChI is InChI=1S/C8H12F3NO3/c1-7(2,8(9,10)11)5(4-13)12-6(14)15-3/h4-5H,1-3H3,(H,12,14). The van der Waals surface area contributed by atoms with Crippen LogP contribution in [0.25, 0.3) is 0 Å². The number of alkyl carbamates (subject to hydrolysis) is 1. The molecule has 88 valence electrons. The second kappa shape index (κ2) is 4.50. The quantitative estimate of drug-likeness (QED) is 0.743. The smallest absolute Gasteiger partial charge is 0.407 e. The molecule has 15 heavy (non-hydrogen) atoms. The van der Waals surface area contributed by atoms with Gasteiger partial charge in [0.25, 0.3) is 0 Å². The summed E-state index contributed by atoms with van der Waals surface area (Å²) in [6.45, 7) is 1.64. The van der Waals surface area contributed by atoms with Gasteiger partial charge >= 0.3 is 12.3 Å². The molecule has 0 aromatic carbocycles. The molecule has 0 saturated heterocycles. The lowest BCUT2D eigenvalue weighted by Gasteiger charge is -2.32. The van der Waals surface area contributed by atoms with Crippen molar-refractivity contribution in [3.8, 4) is 0 Å². The summed E-state index contributed by atoms with van der Waals surface area (Å²) in [5, 5.41) is 1.81. The van der Waals surface area contributed by atoms with Crippen LogP contribution in [0.2, 0.25) is 0 Å². The van der Waals surface area contributed by atoms with Crippen molar-refractivity contribution in [2.24, 2.45) is 5.41 Å². The molecule has 0 aliphatic carbocycles. The van der Waals surface area contributed by atoms with Gasteiger partial charge in [-0.25, -0.2) is 4.79 Å². The van der Waals surface area contributed by atoms with Gasteiger partial charge in [0.15, 0.2) is 0 Å². The van der Waals surface area contributed by atoms with Crippen molar-refractivity contribution in [1.82, 2.24) is 5.32 Å². The van der Waals surface area contributed by atoms with E-state index in [1.807, 2.05) is 5.32 Å². The molecule has 0 aromatic rings. The molecule has 7 heteroatoms. The number of carbonyl (C=O) groups is 2. The summed E-state index contributed by atoms with van der Waals surface area (Å²) in [5.74, 6) is 0. The first-order valence-electron chi connectivity index (χ1n) is 4.03. The zero-order chi connectivity index (χ0) is 12.3. The van der Waals surface area contributed by atoms with Crippen molar-refractivity contribution in [1.29, 1.82) is 0 Å². The summed E-state index contributed by atoms with van der Waals surface area (Å²) in [5.41, 5.74) is -2.34.